The zero-order chi connectivity index (χ0) is 24.2. The highest BCUT2D eigenvalue weighted by atomic mass is 32.2. The molecule has 1 fully saturated rings. The molecule has 3 aromatic rings. The van der Waals surface area contributed by atoms with Gasteiger partial charge in [0.05, 0.1) is 10.6 Å². The van der Waals surface area contributed by atoms with Gasteiger partial charge in [-0.2, -0.15) is 5.10 Å². The molecule has 1 aliphatic rings. The summed E-state index contributed by atoms with van der Waals surface area (Å²) in [5.74, 6) is 0.729. The highest BCUT2D eigenvalue weighted by Crippen LogP contribution is 2.37. The fraction of sp³-hybridized carbons (Fsp3) is 0.222. The monoisotopic (exact) mass is 489 g/mol. The fourth-order valence-electron chi connectivity index (χ4n) is 3.75. The second kappa shape index (κ2) is 10.4. The van der Waals surface area contributed by atoms with Crippen LogP contribution < -0.4 is 4.74 Å². The molecular weight excluding hydrogens is 462 g/mol. The van der Waals surface area contributed by atoms with E-state index in [1.54, 1.807) is 11.0 Å². The van der Waals surface area contributed by atoms with Gasteiger partial charge >= 0.3 is 0 Å². The van der Waals surface area contributed by atoms with Crippen molar-refractivity contribution in [1.82, 2.24) is 14.7 Å². The Morgan fingerprint density at radius 1 is 1.24 bits per heavy atom. The first-order valence-electron chi connectivity index (χ1n) is 11.2. The topological polar surface area (TPSA) is 47.4 Å². The molecule has 7 heteroatoms. The van der Waals surface area contributed by atoms with E-state index in [0.29, 0.717) is 15.8 Å². The second-order valence-corrected chi connectivity index (χ2v) is 9.77. The minimum Gasteiger partial charge on any atom is -0.490 e. The Labute approximate surface area is 210 Å². The molecule has 2 aromatic carbocycles. The summed E-state index contributed by atoms with van der Waals surface area (Å²) in [6.07, 6.45) is 6.43. The maximum Gasteiger partial charge on any atom is 0.266 e. The van der Waals surface area contributed by atoms with Crippen molar-refractivity contribution in [2.24, 2.45) is 0 Å². The largest absolute Gasteiger partial charge is 0.490 e. The van der Waals surface area contributed by atoms with Gasteiger partial charge in [0.1, 0.15) is 22.4 Å². The van der Waals surface area contributed by atoms with Gasteiger partial charge < -0.3 is 4.74 Å². The minimum absolute atomic E-state index is 0.0485. The first kappa shape index (κ1) is 24.0. The van der Waals surface area contributed by atoms with Crippen molar-refractivity contribution in [3.8, 4) is 22.7 Å². The van der Waals surface area contributed by atoms with Crippen LogP contribution in [0.3, 0.4) is 0 Å². The molecule has 1 atom stereocenters. The lowest BCUT2D eigenvalue weighted by Crippen LogP contribution is -2.36. The Morgan fingerprint density at radius 3 is 2.68 bits per heavy atom. The predicted molar refractivity (Wildman–Crippen MR) is 144 cm³/mol. The second-order valence-electron chi connectivity index (χ2n) is 8.10. The van der Waals surface area contributed by atoms with E-state index in [9.17, 15) is 4.79 Å². The van der Waals surface area contributed by atoms with E-state index in [4.69, 9.17) is 22.1 Å². The van der Waals surface area contributed by atoms with Crippen molar-refractivity contribution in [3.63, 3.8) is 0 Å². The van der Waals surface area contributed by atoms with Crippen LogP contribution in [0.5, 0.6) is 5.75 Å². The summed E-state index contributed by atoms with van der Waals surface area (Å²) >= 11 is 6.86. The van der Waals surface area contributed by atoms with Crippen LogP contribution >= 0.6 is 24.0 Å². The predicted octanol–water partition coefficient (Wildman–Crippen LogP) is 6.41. The molecule has 0 aliphatic carbocycles. The molecule has 0 radical (unpaired) electrons. The fourth-order valence-corrected chi connectivity index (χ4v) is 5.20. The number of carbonyl (C=O) groups excluding carboxylic acids is 1. The molecule has 5 nitrogen and oxygen atoms in total. The van der Waals surface area contributed by atoms with Crippen LogP contribution in [0.25, 0.3) is 23.0 Å². The van der Waals surface area contributed by atoms with Crippen LogP contribution in [-0.4, -0.2) is 37.6 Å². The average Bonchev–Trinajstić information content (AvgIpc) is 3.38. The molecule has 2 heterocycles. The SMILES string of the molecule is C=CCOc1ccc(-c2nn(-c3ccccc3)cc2/C=C2\SC(=S)N(C(C)CC)C2=O)c(C)c1. The van der Waals surface area contributed by atoms with E-state index in [1.165, 1.54) is 11.8 Å². The number of amides is 1. The van der Waals surface area contributed by atoms with E-state index in [-0.39, 0.29) is 11.9 Å². The van der Waals surface area contributed by atoms with Gasteiger partial charge in [0.25, 0.3) is 5.91 Å². The third-order valence-electron chi connectivity index (χ3n) is 5.73. The summed E-state index contributed by atoms with van der Waals surface area (Å²) in [4.78, 5) is 15.5. The molecule has 34 heavy (non-hydrogen) atoms. The number of aromatic nitrogens is 2. The number of hydrogen-bond acceptors (Lipinski definition) is 5. The van der Waals surface area contributed by atoms with Crippen molar-refractivity contribution in [2.45, 2.75) is 33.2 Å². The standard InChI is InChI=1S/C27H27N3O2S2/c1-5-14-32-22-12-13-23(18(3)15-22)25-20(17-29(28-25)21-10-8-7-9-11-21)16-24-26(31)30(19(4)6-2)27(33)34-24/h5,7-13,15-17,19H,1,6,14H2,2-4H3/b24-16-. The van der Waals surface area contributed by atoms with Crippen molar-refractivity contribution in [1.29, 1.82) is 0 Å². The molecule has 0 N–H and O–H groups in total. The number of para-hydroxylation sites is 1. The first-order valence-corrected chi connectivity index (χ1v) is 12.4. The number of thioether (sulfide) groups is 1. The Morgan fingerprint density at radius 2 is 2.00 bits per heavy atom. The van der Waals surface area contributed by atoms with Crippen LogP contribution in [0.1, 0.15) is 31.4 Å². The molecule has 0 saturated carbocycles. The van der Waals surface area contributed by atoms with Crippen LogP contribution in [-0.2, 0) is 4.79 Å². The maximum absolute atomic E-state index is 13.2. The molecule has 174 valence electrons. The quantitative estimate of drug-likeness (QED) is 0.208. The zero-order valence-electron chi connectivity index (χ0n) is 19.5. The molecule has 0 spiro atoms. The molecular formula is C27H27N3O2S2. The van der Waals surface area contributed by atoms with Gasteiger partial charge in [0.2, 0.25) is 0 Å². The van der Waals surface area contributed by atoms with Crippen molar-refractivity contribution in [2.75, 3.05) is 6.61 Å². The maximum atomic E-state index is 13.2. The first-order chi connectivity index (χ1) is 16.4. The summed E-state index contributed by atoms with van der Waals surface area (Å²) in [6, 6.07) is 15.9. The summed E-state index contributed by atoms with van der Waals surface area (Å²) in [5.41, 5.74) is 4.60. The van der Waals surface area contributed by atoms with E-state index in [1.807, 2.05) is 79.3 Å². The van der Waals surface area contributed by atoms with E-state index >= 15 is 0 Å². The van der Waals surface area contributed by atoms with Crippen LogP contribution in [0.2, 0.25) is 0 Å². The lowest BCUT2D eigenvalue weighted by molar-refractivity contribution is -0.123. The summed E-state index contributed by atoms with van der Waals surface area (Å²) in [6.45, 7) is 10.3. The smallest absolute Gasteiger partial charge is 0.266 e. The average molecular weight is 490 g/mol. The molecule has 1 aliphatic heterocycles. The minimum atomic E-state index is -0.0485. The Kier molecular flexibility index (Phi) is 7.34. The van der Waals surface area contributed by atoms with Gasteiger partial charge in [-0.1, -0.05) is 61.8 Å². The molecule has 4 rings (SSSR count). The van der Waals surface area contributed by atoms with Gasteiger partial charge in [0, 0.05) is 23.4 Å². The van der Waals surface area contributed by atoms with Gasteiger partial charge in [-0.3, -0.25) is 9.69 Å². The lowest BCUT2D eigenvalue weighted by Gasteiger charge is -2.21. The third-order valence-corrected chi connectivity index (χ3v) is 7.06. The third kappa shape index (κ3) is 4.86. The molecule has 1 unspecified atom stereocenters. The van der Waals surface area contributed by atoms with Crippen LogP contribution in [0, 0.1) is 6.92 Å². The summed E-state index contributed by atoms with van der Waals surface area (Å²) in [7, 11) is 0. The summed E-state index contributed by atoms with van der Waals surface area (Å²) < 4.78 is 8.13. The van der Waals surface area contributed by atoms with Crippen molar-refractivity contribution in [3.05, 3.63) is 83.4 Å². The van der Waals surface area contributed by atoms with Crippen molar-refractivity contribution < 1.29 is 9.53 Å². The van der Waals surface area contributed by atoms with Gasteiger partial charge in [-0.15, -0.1) is 0 Å². The molecule has 1 amide bonds. The van der Waals surface area contributed by atoms with Crippen LogP contribution in [0.4, 0.5) is 0 Å². The highest BCUT2D eigenvalue weighted by molar-refractivity contribution is 8.26. The van der Waals surface area contributed by atoms with E-state index < -0.39 is 0 Å². The molecule has 0 bridgehead atoms. The lowest BCUT2D eigenvalue weighted by atomic mass is 10.0. The number of aryl methyl sites for hydroxylation is 1. The van der Waals surface area contributed by atoms with E-state index in [2.05, 4.69) is 13.5 Å². The Balaban J connectivity index is 1.79. The summed E-state index contributed by atoms with van der Waals surface area (Å²) in [5, 5.41) is 4.91. The number of hydrogen-bond donors (Lipinski definition) is 0. The number of nitrogens with zero attached hydrogens (tertiary/aromatic N) is 3. The number of rotatable bonds is 8. The highest BCUT2D eigenvalue weighted by Gasteiger charge is 2.35. The van der Waals surface area contributed by atoms with Gasteiger partial charge in [0.15, 0.2) is 0 Å². The number of benzene rings is 2. The van der Waals surface area contributed by atoms with Gasteiger partial charge in [-0.05, 0) is 62.2 Å². The van der Waals surface area contributed by atoms with Gasteiger partial charge in [-0.25, -0.2) is 4.68 Å². The van der Waals surface area contributed by atoms with E-state index in [0.717, 1.165) is 40.2 Å². The molecule has 1 saturated heterocycles. The van der Waals surface area contributed by atoms with Crippen molar-refractivity contribution >= 4 is 40.3 Å². The number of thiocarbonyl (C=S) groups is 1. The van der Waals surface area contributed by atoms with Crippen LogP contribution in [0.15, 0.2) is 72.3 Å². The molecule has 1 aromatic heterocycles. The zero-order valence-corrected chi connectivity index (χ0v) is 21.2. The Hall–Kier alpha value is -3.16. The number of ether oxygens (including phenoxy) is 1. The normalized spacial score (nSPS) is 15.7. The Bertz CT molecular complexity index is 1260. The number of carbonyl (C=O) groups is 1.